The maximum absolute atomic E-state index is 11.7. The van der Waals surface area contributed by atoms with Crippen LogP contribution in [0.3, 0.4) is 0 Å². The predicted octanol–water partition coefficient (Wildman–Crippen LogP) is 4.91. The number of fused-ring (bicyclic) bond motifs is 3. The second-order valence-electron chi connectivity index (χ2n) is 6.10. The number of ether oxygens (including phenoxy) is 1. The fraction of sp³-hybridized carbons (Fsp3) is 0.136. The molecule has 118 valence electrons. The molecule has 0 heterocycles. The smallest absolute Gasteiger partial charge is 0.337 e. The van der Waals surface area contributed by atoms with Gasteiger partial charge in [0.05, 0.1) is 12.7 Å². The third-order valence-electron chi connectivity index (χ3n) is 4.69. The molecule has 4 rings (SSSR count). The van der Waals surface area contributed by atoms with Crippen LogP contribution < -0.4 is 0 Å². The first-order chi connectivity index (χ1) is 11.8. The summed E-state index contributed by atoms with van der Waals surface area (Å²) in [5.41, 5.74) is 8.21. The van der Waals surface area contributed by atoms with E-state index in [2.05, 4.69) is 42.5 Å². The lowest BCUT2D eigenvalue weighted by Gasteiger charge is -2.21. The molecule has 0 aromatic heterocycles. The topological polar surface area (TPSA) is 26.3 Å². The van der Waals surface area contributed by atoms with Crippen molar-refractivity contribution in [3.8, 4) is 22.3 Å². The summed E-state index contributed by atoms with van der Waals surface area (Å²) >= 11 is 0. The molecule has 0 unspecified atom stereocenters. The van der Waals surface area contributed by atoms with Gasteiger partial charge in [-0.1, -0.05) is 54.6 Å². The second kappa shape index (κ2) is 5.97. The molecule has 0 N–H and O–H groups in total. The zero-order chi connectivity index (χ0) is 16.5. The highest BCUT2D eigenvalue weighted by Gasteiger charge is 2.18. The monoisotopic (exact) mass is 314 g/mol. The number of rotatable bonds is 2. The van der Waals surface area contributed by atoms with Crippen LogP contribution in [0.5, 0.6) is 0 Å². The summed E-state index contributed by atoms with van der Waals surface area (Å²) in [4.78, 5) is 11.7. The molecular weight excluding hydrogens is 296 g/mol. The molecule has 0 amide bonds. The molecule has 0 aliphatic heterocycles. The van der Waals surface area contributed by atoms with Gasteiger partial charge in [-0.2, -0.15) is 0 Å². The minimum absolute atomic E-state index is 0.275. The third-order valence-corrected chi connectivity index (χ3v) is 4.69. The number of methoxy groups -OCH3 is 1. The Labute approximate surface area is 141 Å². The number of carbonyl (C=O) groups is 1. The number of hydrogen-bond donors (Lipinski definition) is 0. The maximum atomic E-state index is 11.7. The number of hydrogen-bond acceptors (Lipinski definition) is 2. The van der Waals surface area contributed by atoms with Gasteiger partial charge in [0.1, 0.15) is 0 Å². The van der Waals surface area contributed by atoms with Gasteiger partial charge < -0.3 is 4.74 Å². The van der Waals surface area contributed by atoms with Crippen molar-refractivity contribution in [1.29, 1.82) is 0 Å². The zero-order valence-electron chi connectivity index (χ0n) is 13.6. The molecule has 3 aromatic rings. The highest BCUT2D eigenvalue weighted by atomic mass is 16.5. The predicted molar refractivity (Wildman–Crippen MR) is 96.1 cm³/mol. The molecule has 1 aliphatic carbocycles. The minimum atomic E-state index is -0.275. The average molecular weight is 314 g/mol. The standard InChI is InChI=1S/C22H18O2/c1-24-22(23)19-10-12-21-18(14-19)8-7-17-13-16(9-11-20(17)21)15-5-3-2-4-6-15/h2-6,9-14H,7-8H2,1H3. The van der Waals surface area contributed by atoms with Crippen LogP contribution in [-0.4, -0.2) is 13.1 Å². The van der Waals surface area contributed by atoms with Crippen molar-refractivity contribution < 1.29 is 9.53 Å². The Morgan fingerprint density at radius 2 is 1.46 bits per heavy atom. The first-order valence-corrected chi connectivity index (χ1v) is 8.16. The van der Waals surface area contributed by atoms with Crippen LogP contribution in [0.15, 0.2) is 66.7 Å². The van der Waals surface area contributed by atoms with Gasteiger partial charge in [-0.05, 0) is 58.4 Å². The molecule has 24 heavy (non-hydrogen) atoms. The molecule has 0 radical (unpaired) electrons. The van der Waals surface area contributed by atoms with Gasteiger partial charge in [0.2, 0.25) is 0 Å². The van der Waals surface area contributed by atoms with Gasteiger partial charge in [-0.3, -0.25) is 0 Å². The van der Waals surface area contributed by atoms with Crippen molar-refractivity contribution in [3.05, 3.63) is 83.4 Å². The Kier molecular flexibility index (Phi) is 3.66. The normalized spacial score (nSPS) is 12.2. The number of esters is 1. The fourth-order valence-electron chi connectivity index (χ4n) is 3.45. The molecule has 2 heteroatoms. The summed E-state index contributed by atoms with van der Waals surface area (Å²) in [5.74, 6) is -0.275. The number of carbonyl (C=O) groups excluding carboxylic acids is 1. The van der Waals surface area contributed by atoms with Crippen molar-refractivity contribution in [2.75, 3.05) is 7.11 Å². The van der Waals surface area contributed by atoms with Gasteiger partial charge in [0, 0.05) is 0 Å². The quantitative estimate of drug-likeness (QED) is 0.628. The first-order valence-electron chi connectivity index (χ1n) is 8.16. The molecule has 0 bridgehead atoms. The van der Waals surface area contributed by atoms with Crippen LogP contribution in [-0.2, 0) is 17.6 Å². The molecule has 0 saturated heterocycles. The van der Waals surface area contributed by atoms with E-state index < -0.39 is 0 Å². The lowest BCUT2D eigenvalue weighted by atomic mass is 9.83. The van der Waals surface area contributed by atoms with E-state index in [1.807, 2.05) is 24.3 Å². The average Bonchev–Trinajstić information content (AvgIpc) is 2.67. The van der Waals surface area contributed by atoms with E-state index in [0.717, 1.165) is 12.8 Å². The fourth-order valence-corrected chi connectivity index (χ4v) is 3.45. The summed E-state index contributed by atoms with van der Waals surface area (Å²) in [6, 6.07) is 23.0. The maximum Gasteiger partial charge on any atom is 0.337 e. The Morgan fingerprint density at radius 3 is 2.17 bits per heavy atom. The van der Waals surface area contributed by atoms with Crippen molar-refractivity contribution in [1.82, 2.24) is 0 Å². The summed E-state index contributed by atoms with van der Waals surface area (Å²) in [6.45, 7) is 0. The molecule has 1 aliphatic rings. The summed E-state index contributed by atoms with van der Waals surface area (Å²) in [6.07, 6.45) is 1.94. The lowest BCUT2D eigenvalue weighted by molar-refractivity contribution is 0.0600. The summed E-state index contributed by atoms with van der Waals surface area (Å²) < 4.78 is 4.82. The highest BCUT2D eigenvalue weighted by Crippen LogP contribution is 2.36. The van der Waals surface area contributed by atoms with E-state index in [0.29, 0.717) is 5.56 Å². The Bertz CT molecular complexity index is 911. The third kappa shape index (κ3) is 2.50. The highest BCUT2D eigenvalue weighted by molar-refractivity contribution is 5.91. The van der Waals surface area contributed by atoms with Crippen LogP contribution in [0, 0.1) is 0 Å². The molecular formula is C22H18O2. The van der Waals surface area contributed by atoms with Crippen LogP contribution in [0.2, 0.25) is 0 Å². The lowest BCUT2D eigenvalue weighted by Crippen LogP contribution is -2.07. The number of benzene rings is 3. The van der Waals surface area contributed by atoms with Crippen LogP contribution >= 0.6 is 0 Å². The van der Waals surface area contributed by atoms with Crippen molar-refractivity contribution >= 4 is 5.97 Å². The van der Waals surface area contributed by atoms with E-state index in [1.165, 1.54) is 40.5 Å². The minimum Gasteiger partial charge on any atom is -0.465 e. The Morgan fingerprint density at radius 1 is 0.792 bits per heavy atom. The van der Waals surface area contributed by atoms with Gasteiger partial charge in [0.25, 0.3) is 0 Å². The summed E-state index contributed by atoms with van der Waals surface area (Å²) in [5, 5.41) is 0. The second-order valence-corrected chi connectivity index (χ2v) is 6.10. The molecule has 3 aromatic carbocycles. The molecule has 0 atom stereocenters. The van der Waals surface area contributed by atoms with E-state index in [1.54, 1.807) is 0 Å². The van der Waals surface area contributed by atoms with Crippen molar-refractivity contribution in [2.24, 2.45) is 0 Å². The van der Waals surface area contributed by atoms with E-state index in [-0.39, 0.29) is 5.97 Å². The van der Waals surface area contributed by atoms with Crippen molar-refractivity contribution in [3.63, 3.8) is 0 Å². The first kappa shape index (κ1) is 14.7. The van der Waals surface area contributed by atoms with E-state index in [9.17, 15) is 4.79 Å². The van der Waals surface area contributed by atoms with Crippen LogP contribution in [0.1, 0.15) is 21.5 Å². The zero-order valence-corrected chi connectivity index (χ0v) is 13.6. The summed E-state index contributed by atoms with van der Waals surface area (Å²) in [7, 11) is 1.42. The van der Waals surface area contributed by atoms with E-state index in [4.69, 9.17) is 4.74 Å². The Balaban J connectivity index is 1.76. The molecule has 0 fully saturated rings. The van der Waals surface area contributed by atoms with Crippen molar-refractivity contribution in [2.45, 2.75) is 12.8 Å². The van der Waals surface area contributed by atoms with Gasteiger partial charge in [0.15, 0.2) is 0 Å². The SMILES string of the molecule is COC(=O)c1ccc2c(c1)CCc1cc(-c3ccccc3)ccc1-2. The van der Waals surface area contributed by atoms with Gasteiger partial charge in [-0.25, -0.2) is 4.79 Å². The van der Waals surface area contributed by atoms with Gasteiger partial charge in [-0.15, -0.1) is 0 Å². The number of aryl methyl sites for hydroxylation is 2. The molecule has 0 saturated carbocycles. The van der Waals surface area contributed by atoms with E-state index >= 15 is 0 Å². The molecule has 2 nitrogen and oxygen atoms in total. The van der Waals surface area contributed by atoms with Crippen LogP contribution in [0.25, 0.3) is 22.3 Å². The van der Waals surface area contributed by atoms with Crippen LogP contribution in [0.4, 0.5) is 0 Å². The largest absolute Gasteiger partial charge is 0.465 e. The van der Waals surface area contributed by atoms with Gasteiger partial charge >= 0.3 is 5.97 Å². The molecule has 0 spiro atoms. The Hall–Kier alpha value is -2.87.